The van der Waals surface area contributed by atoms with Crippen LogP contribution in [-0.4, -0.2) is 16.5 Å². The molecule has 1 aromatic heterocycles. The maximum absolute atomic E-state index is 11.7. The number of hydrogen-bond donors (Lipinski definition) is 0. The van der Waals surface area contributed by atoms with Crippen molar-refractivity contribution in [1.29, 1.82) is 0 Å². The molecule has 0 aliphatic rings. The molecule has 1 rings (SSSR count). The Kier molecular flexibility index (Phi) is 2.09. The summed E-state index contributed by atoms with van der Waals surface area (Å²) in [5.74, 6) is 0.164. The molecule has 5 heteroatoms. The first-order valence-electron chi connectivity index (χ1n) is 2.79. The minimum Gasteiger partial charge on any atom is -0.249 e. The molecule has 0 N–H and O–H groups in total. The van der Waals surface area contributed by atoms with Crippen molar-refractivity contribution in [1.82, 2.24) is 9.78 Å². The molecular formula is C5H6FN3O. The van der Waals surface area contributed by atoms with Gasteiger partial charge in [-0.1, -0.05) is 0 Å². The number of nitrogens with zero attached hydrogens (tertiary/aromatic N) is 3. The molecule has 0 aromatic carbocycles. The summed E-state index contributed by atoms with van der Waals surface area (Å²) in [6.45, 7) is -0.446. The summed E-state index contributed by atoms with van der Waals surface area (Å²) in [6, 6.07) is 1.43. The molecule has 1 aromatic rings. The molecule has 54 valence electrons. The standard InChI is InChI=1S/C5H6FN3O/c6-2-4-9-5(8-10)1-3-7-9/h1,3H,2,4H2. The summed E-state index contributed by atoms with van der Waals surface area (Å²) < 4.78 is 12.9. The van der Waals surface area contributed by atoms with Gasteiger partial charge in [0.2, 0.25) is 0 Å². The highest BCUT2D eigenvalue weighted by Crippen LogP contribution is 2.08. The lowest BCUT2D eigenvalue weighted by Gasteiger charge is -1.94. The average molecular weight is 143 g/mol. The van der Waals surface area contributed by atoms with E-state index in [4.69, 9.17) is 0 Å². The summed E-state index contributed by atoms with van der Waals surface area (Å²) in [4.78, 5) is 9.93. The van der Waals surface area contributed by atoms with Gasteiger partial charge in [-0.15, -0.1) is 4.91 Å². The third-order valence-electron chi connectivity index (χ3n) is 1.08. The molecule has 0 aliphatic carbocycles. The van der Waals surface area contributed by atoms with E-state index >= 15 is 0 Å². The van der Waals surface area contributed by atoms with E-state index in [1.54, 1.807) is 0 Å². The van der Waals surface area contributed by atoms with Crippen molar-refractivity contribution < 1.29 is 4.39 Å². The molecule has 0 fully saturated rings. The predicted molar refractivity (Wildman–Crippen MR) is 33.7 cm³/mol. The van der Waals surface area contributed by atoms with Crippen LogP contribution in [0.3, 0.4) is 0 Å². The molecule has 0 bridgehead atoms. The van der Waals surface area contributed by atoms with Crippen LogP contribution in [0.1, 0.15) is 0 Å². The third kappa shape index (κ3) is 1.18. The van der Waals surface area contributed by atoms with E-state index in [1.165, 1.54) is 16.9 Å². The van der Waals surface area contributed by atoms with E-state index in [2.05, 4.69) is 10.3 Å². The Morgan fingerprint density at radius 2 is 2.60 bits per heavy atom. The van der Waals surface area contributed by atoms with Crippen LogP contribution in [0.15, 0.2) is 17.4 Å². The molecule has 0 aliphatic heterocycles. The number of aryl methyl sites for hydroxylation is 1. The van der Waals surface area contributed by atoms with Crippen molar-refractivity contribution in [3.63, 3.8) is 0 Å². The molecule has 10 heavy (non-hydrogen) atoms. The first-order chi connectivity index (χ1) is 4.88. The monoisotopic (exact) mass is 143 g/mol. The van der Waals surface area contributed by atoms with Crippen LogP contribution in [0.4, 0.5) is 10.2 Å². The van der Waals surface area contributed by atoms with Gasteiger partial charge in [-0.25, -0.2) is 9.07 Å². The predicted octanol–water partition coefficient (Wildman–Crippen LogP) is 1.25. The van der Waals surface area contributed by atoms with Crippen LogP contribution in [0.2, 0.25) is 0 Å². The lowest BCUT2D eigenvalue weighted by molar-refractivity contribution is 0.429. The van der Waals surface area contributed by atoms with Gasteiger partial charge >= 0.3 is 0 Å². The van der Waals surface area contributed by atoms with Crippen LogP contribution in [0, 0.1) is 4.91 Å². The van der Waals surface area contributed by atoms with Crippen molar-refractivity contribution in [2.45, 2.75) is 6.54 Å². The maximum Gasteiger partial charge on any atom is 0.195 e. The van der Waals surface area contributed by atoms with Gasteiger partial charge in [-0.05, 0) is 5.18 Å². The van der Waals surface area contributed by atoms with Crippen molar-refractivity contribution in [3.8, 4) is 0 Å². The van der Waals surface area contributed by atoms with E-state index in [0.29, 0.717) is 0 Å². The number of halogens is 1. The summed E-state index contributed by atoms with van der Waals surface area (Å²) in [5, 5.41) is 6.29. The average Bonchev–Trinajstić information content (AvgIpc) is 2.36. The Balaban J connectivity index is 2.79. The highest BCUT2D eigenvalue weighted by atomic mass is 19.1. The molecule has 1 heterocycles. The van der Waals surface area contributed by atoms with Gasteiger partial charge < -0.3 is 0 Å². The summed E-state index contributed by atoms with van der Waals surface area (Å²) in [6.07, 6.45) is 1.41. The molecule has 0 unspecified atom stereocenters. The fraction of sp³-hybridized carbons (Fsp3) is 0.400. The normalized spacial score (nSPS) is 9.70. The molecule has 0 saturated heterocycles. The second-order valence-electron chi connectivity index (χ2n) is 1.69. The number of alkyl halides is 1. The molecule has 0 spiro atoms. The van der Waals surface area contributed by atoms with Crippen LogP contribution >= 0.6 is 0 Å². The first kappa shape index (κ1) is 6.85. The largest absolute Gasteiger partial charge is 0.249 e. The van der Waals surface area contributed by atoms with E-state index in [9.17, 15) is 9.30 Å². The summed E-state index contributed by atoms with van der Waals surface area (Å²) in [5.41, 5.74) is 0. The zero-order valence-electron chi connectivity index (χ0n) is 5.20. The van der Waals surface area contributed by atoms with E-state index in [0.717, 1.165) is 0 Å². The fourth-order valence-corrected chi connectivity index (χ4v) is 0.656. The zero-order chi connectivity index (χ0) is 7.40. The quantitative estimate of drug-likeness (QED) is 0.598. The highest BCUT2D eigenvalue weighted by molar-refractivity contribution is 5.24. The minimum atomic E-state index is -0.538. The lowest BCUT2D eigenvalue weighted by atomic mass is 10.6. The van der Waals surface area contributed by atoms with Gasteiger partial charge in [0.25, 0.3) is 0 Å². The Morgan fingerprint density at radius 3 is 3.20 bits per heavy atom. The SMILES string of the molecule is O=Nc1ccnn1CCF. The summed E-state index contributed by atoms with van der Waals surface area (Å²) >= 11 is 0. The van der Waals surface area contributed by atoms with Gasteiger partial charge in [0.1, 0.15) is 6.67 Å². The highest BCUT2D eigenvalue weighted by Gasteiger charge is 1.99. The van der Waals surface area contributed by atoms with Crippen molar-refractivity contribution in [2.24, 2.45) is 5.18 Å². The van der Waals surface area contributed by atoms with Crippen molar-refractivity contribution in [2.75, 3.05) is 6.67 Å². The van der Waals surface area contributed by atoms with Crippen molar-refractivity contribution >= 4 is 5.82 Å². The number of aromatic nitrogens is 2. The third-order valence-corrected chi connectivity index (χ3v) is 1.08. The number of nitroso groups, excluding NO2 is 1. The fourth-order valence-electron chi connectivity index (χ4n) is 0.656. The van der Waals surface area contributed by atoms with Crippen LogP contribution in [0.25, 0.3) is 0 Å². The van der Waals surface area contributed by atoms with Gasteiger partial charge in [0, 0.05) is 6.07 Å². The van der Waals surface area contributed by atoms with Crippen LogP contribution in [-0.2, 0) is 6.54 Å². The topological polar surface area (TPSA) is 47.2 Å². The Bertz CT molecular complexity index is 222. The Hall–Kier alpha value is -1.26. The van der Waals surface area contributed by atoms with E-state index in [1.807, 2.05) is 0 Å². The van der Waals surface area contributed by atoms with Gasteiger partial charge in [-0.3, -0.25) is 0 Å². The molecule has 4 nitrogen and oxygen atoms in total. The van der Waals surface area contributed by atoms with Crippen LogP contribution in [0.5, 0.6) is 0 Å². The number of rotatable bonds is 3. The van der Waals surface area contributed by atoms with E-state index < -0.39 is 6.67 Å². The van der Waals surface area contributed by atoms with Crippen molar-refractivity contribution in [3.05, 3.63) is 17.2 Å². The number of hydrogen-bond acceptors (Lipinski definition) is 3. The Labute approximate surface area is 56.6 Å². The molecule has 0 amide bonds. The minimum absolute atomic E-state index is 0.0913. The Morgan fingerprint density at radius 1 is 1.80 bits per heavy atom. The summed E-state index contributed by atoms with van der Waals surface area (Å²) in [7, 11) is 0. The molecule has 0 saturated carbocycles. The van der Waals surface area contributed by atoms with Gasteiger partial charge in [-0.2, -0.15) is 5.10 Å². The van der Waals surface area contributed by atoms with Crippen LogP contribution < -0.4 is 0 Å². The first-order valence-corrected chi connectivity index (χ1v) is 2.79. The molecular weight excluding hydrogens is 137 g/mol. The second kappa shape index (κ2) is 3.05. The maximum atomic E-state index is 11.7. The lowest BCUT2D eigenvalue weighted by Crippen LogP contribution is -1.99. The smallest absolute Gasteiger partial charge is 0.195 e. The van der Waals surface area contributed by atoms with Gasteiger partial charge in [0.05, 0.1) is 12.7 Å². The second-order valence-corrected chi connectivity index (χ2v) is 1.69. The molecule has 0 atom stereocenters. The van der Waals surface area contributed by atoms with E-state index in [-0.39, 0.29) is 12.4 Å². The molecule has 0 radical (unpaired) electrons. The zero-order valence-corrected chi connectivity index (χ0v) is 5.20. The van der Waals surface area contributed by atoms with Gasteiger partial charge in [0.15, 0.2) is 5.82 Å².